The van der Waals surface area contributed by atoms with Crippen LogP contribution >= 0.6 is 0 Å². The van der Waals surface area contributed by atoms with Crippen molar-refractivity contribution in [1.29, 1.82) is 32.5 Å². The Morgan fingerprint density at radius 1 is 0.350 bits per heavy atom. The van der Waals surface area contributed by atoms with E-state index in [1.807, 2.05) is 0 Å². The van der Waals surface area contributed by atoms with Crippen LogP contribution in [0.15, 0.2) is 78.9 Å². The molecule has 46 N–H and O–H groups in total. The standard InChI is InChI=1S/C89H136N34O20/c1-105-88(104)112-40-11-15-57(114-70(129)46-113-73(132)65(42-47-20-23-49(124)24-21-47)115-69(128)32-41-106-72(131)48-22-27-52-55(43-48)89(143-82(52)141)53-28-25-50(125)44-66(53)142-67-45-51(126)26-29-54(67)89)74(133)117-58(12-2-4-33-90)76(135)118-59(13-3-5-34-91)77(136)120-61(17-8-37-109-85(98)99)78(137)121-63(19-10-39-111-87(102)103)80(139)123-64(30-31-68(92)127)81(140)122-62(18-9-38-110-86(100)101)79(138)119-60(16-7-36-108-84(96)97)75(134)116-56(71(93)130)14-6-35-107-83(94)95/h20-29,43-45,56-65,124-126H,2-19,30-42,46,90-91H2,1H3,(H2,92,127)(H2,93,130)(H,106,131)(H,113,132)(H,114,129)(H,115,128)(H,116,134)(H,117,133)(H,118,135)(H,119,138)(H,120,136)(H,121,137)(H,122,140)(H,123,139)(H4,94,95,107)(H4,96,97,108)(H4,98,99,109)(H4,100,101,110)(H4,102,103,111)(H3,104,105,112)/t56-,57-,58-,59-,60-,61-,62-,63-,64-,65-/m0/s1. The van der Waals surface area contributed by atoms with E-state index in [0.29, 0.717) is 29.5 Å². The third kappa shape index (κ3) is 39.1. The minimum absolute atomic E-state index is 0.00202. The zero-order valence-electron chi connectivity index (χ0n) is 79.4. The molecule has 54 heteroatoms. The third-order valence-electron chi connectivity index (χ3n) is 22.6. The maximum absolute atomic E-state index is 15.0. The SMILES string of the molecule is CNC(=N)NCCC[C@H](NC(=O)CNC(=O)[C@H](Cc1ccc(O)cc1)NC(=O)CCNC(=O)c1ccc2c(c1)C1(OC2=O)c2ccc(O)cc2Oc2cc(O)ccc21)C(=O)N[C@@H](CCCCN)C(=O)N[C@@H](CCCCN)C(=O)N[C@@H](CCCNC(=N)N)C(=O)N[C@@H](CCCNC(=N)N)C(=O)N[C@@H](CCC(N)=O)C(=O)N[C@@H](CCCNC(=N)N)C(=O)N[C@@H](CCCNC(=N)N)C(=O)N[C@@H](CCCNC(=N)N)C(N)=O. The molecular weight excluding hydrogens is 1870 g/mol. The van der Waals surface area contributed by atoms with Gasteiger partial charge in [-0.2, -0.15) is 0 Å². The van der Waals surface area contributed by atoms with Gasteiger partial charge in [-0.05, 0) is 195 Å². The zero-order valence-corrected chi connectivity index (χ0v) is 79.4. The first-order chi connectivity index (χ1) is 68.1. The number of phenolic OH excluding ortho intramolecular Hbond substituents is 3. The van der Waals surface area contributed by atoms with Crippen molar-refractivity contribution >= 4 is 124 Å². The summed E-state index contributed by atoms with van der Waals surface area (Å²) in [5, 5.41) is 127. The Labute approximate surface area is 823 Å². The van der Waals surface area contributed by atoms with Crippen LogP contribution in [0.5, 0.6) is 28.7 Å². The van der Waals surface area contributed by atoms with E-state index in [2.05, 4.69) is 101 Å². The topological polar surface area (TPSA) is 941 Å². The fraction of sp³-hybridized carbons (Fsp3) is 0.494. The number of benzene rings is 4. The summed E-state index contributed by atoms with van der Waals surface area (Å²) in [6, 6.07) is 2.74. The number of ether oxygens (including phenoxy) is 2. The number of guanidine groups is 6. The lowest BCUT2D eigenvalue weighted by atomic mass is 9.77. The molecule has 0 aromatic heterocycles. The Hall–Kier alpha value is -16.3. The first-order valence-electron chi connectivity index (χ1n) is 46.5. The van der Waals surface area contributed by atoms with Crippen molar-refractivity contribution < 1.29 is 96.7 Å². The average molecular weight is 2000 g/mol. The molecule has 1 spiro atoms. The maximum atomic E-state index is 15.0. The highest BCUT2D eigenvalue weighted by Crippen LogP contribution is 2.57. The number of primary amides is 2. The molecular formula is C89H136N34O20. The Bertz CT molecular complexity index is 5110. The van der Waals surface area contributed by atoms with Gasteiger partial charge in [0.2, 0.25) is 76.8 Å². The number of carbonyl (C=O) groups excluding carboxylic acids is 15. The normalized spacial score (nSPS) is 13.8. The highest BCUT2D eigenvalue weighted by Gasteiger charge is 2.54. The summed E-state index contributed by atoms with van der Waals surface area (Å²) in [6.45, 7) is -0.891. The van der Waals surface area contributed by atoms with Crippen LogP contribution in [0.1, 0.15) is 178 Å². The van der Waals surface area contributed by atoms with Crippen molar-refractivity contribution in [3.8, 4) is 28.7 Å². The highest BCUT2D eigenvalue weighted by molar-refractivity contribution is 6.03. The molecule has 0 fully saturated rings. The summed E-state index contributed by atoms with van der Waals surface area (Å²) in [7, 11) is 1.48. The van der Waals surface area contributed by atoms with Crippen LogP contribution in [0.4, 0.5) is 0 Å². The van der Waals surface area contributed by atoms with E-state index in [1.54, 1.807) is 0 Å². The number of amides is 14. The molecule has 2 heterocycles. The van der Waals surface area contributed by atoms with E-state index in [-0.39, 0.29) is 225 Å². The fourth-order valence-electron chi connectivity index (χ4n) is 15.3. The number of phenols is 3. The smallest absolute Gasteiger partial charge is 0.340 e. The number of fused-ring (bicyclic) bond motifs is 6. The van der Waals surface area contributed by atoms with Gasteiger partial charge in [0, 0.05) is 107 Å². The highest BCUT2D eigenvalue weighted by atomic mass is 16.6. The molecule has 2 aliphatic heterocycles. The molecule has 0 saturated carbocycles. The zero-order chi connectivity index (χ0) is 105. The molecule has 0 radical (unpaired) electrons. The largest absolute Gasteiger partial charge is 0.508 e. The van der Waals surface area contributed by atoms with Gasteiger partial charge in [-0.1, -0.05) is 12.1 Å². The van der Waals surface area contributed by atoms with Gasteiger partial charge in [0.05, 0.1) is 12.1 Å². The molecule has 2 aliphatic rings. The van der Waals surface area contributed by atoms with Gasteiger partial charge in [-0.15, -0.1) is 0 Å². The van der Waals surface area contributed by atoms with Crippen molar-refractivity contribution in [3.05, 3.63) is 112 Å². The van der Waals surface area contributed by atoms with Gasteiger partial charge in [0.25, 0.3) is 5.91 Å². The van der Waals surface area contributed by atoms with Gasteiger partial charge < -0.3 is 177 Å². The van der Waals surface area contributed by atoms with Gasteiger partial charge in [0.1, 0.15) is 89.2 Å². The first-order valence-corrected chi connectivity index (χ1v) is 46.5. The molecule has 143 heavy (non-hydrogen) atoms. The Morgan fingerprint density at radius 2 is 0.699 bits per heavy atom. The van der Waals surface area contributed by atoms with E-state index in [9.17, 15) is 77.6 Å². The number of esters is 1. The lowest BCUT2D eigenvalue weighted by molar-refractivity contribution is -0.136. The van der Waals surface area contributed by atoms with Crippen molar-refractivity contribution in [2.24, 2.45) is 51.6 Å². The average Bonchev–Trinajstić information content (AvgIpc) is 1.55. The Kier molecular flexibility index (Phi) is 47.8. The molecule has 0 saturated heterocycles. The Morgan fingerprint density at radius 3 is 1.07 bits per heavy atom. The van der Waals surface area contributed by atoms with Crippen LogP contribution in [-0.2, 0) is 79.1 Å². The molecule has 10 atom stereocenters. The van der Waals surface area contributed by atoms with Gasteiger partial charge in [-0.3, -0.25) is 99.6 Å². The summed E-state index contributed by atoms with van der Waals surface area (Å²) in [5.74, 6) is -16.6. The van der Waals surface area contributed by atoms with E-state index in [1.165, 1.54) is 85.9 Å². The van der Waals surface area contributed by atoms with Crippen molar-refractivity contribution in [3.63, 3.8) is 0 Å². The van der Waals surface area contributed by atoms with Crippen LogP contribution < -0.4 is 157 Å². The van der Waals surface area contributed by atoms with Crippen LogP contribution in [-0.4, -0.2) is 273 Å². The van der Waals surface area contributed by atoms with E-state index in [4.69, 9.17) is 93.5 Å². The van der Waals surface area contributed by atoms with Crippen molar-refractivity contribution in [2.45, 2.75) is 207 Å². The first kappa shape index (κ1) is 115. The predicted molar refractivity (Wildman–Crippen MR) is 522 cm³/mol. The molecule has 0 unspecified atom stereocenters. The minimum atomic E-state index is -1.77. The van der Waals surface area contributed by atoms with E-state index < -0.39 is 204 Å². The lowest BCUT2D eigenvalue weighted by Gasteiger charge is -2.36. The number of nitrogens with two attached hydrogens (primary N) is 9. The molecule has 782 valence electrons. The number of rotatable bonds is 63. The Balaban J connectivity index is 1.22. The van der Waals surface area contributed by atoms with Crippen molar-refractivity contribution in [2.75, 3.05) is 72.5 Å². The number of unbranched alkanes of at least 4 members (excludes halogenated alkanes) is 2. The third-order valence-corrected chi connectivity index (χ3v) is 22.6. The van der Waals surface area contributed by atoms with Crippen LogP contribution in [0.25, 0.3) is 0 Å². The molecule has 6 rings (SSSR count). The summed E-state index contributed by atoms with van der Waals surface area (Å²) in [6.07, 6.45) is -2.03. The van der Waals surface area contributed by atoms with Crippen LogP contribution in [0.3, 0.4) is 0 Å². The number of hydrogen-bond donors (Lipinski definition) is 37. The van der Waals surface area contributed by atoms with E-state index in [0.717, 1.165) is 0 Å². The predicted octanol–water partition coefficient (Wildman–Crippen LogP) is -7.45. The number of nitrogens with one attached hydrogen (secondary N) is 25. The van der Waals surface area contributed by atoms with Crippen molar-refractivity contribution in [1.82, 2.24) is 101 Å². The molecule has 4 aromatic carbocycles. The monoisotopic (exact) mass is 2000 g/mol. The summed E-state index contributed by atoms with van der Waals surface area (Å²) in [4.78, 5) is 213. The maximum Gasteiger partial charge on any atom is 0.340 e. The quantitative estimate of drug-likeness (QED) is 0.00845. The van der Waals surface area contributed by atoms with Crippen LogP contribution in [0, 0.1) is 32.5 Å². The summed E-state index contributed by atoms with van der Waals surface area (Å²) in [5.41, 5.74) is 50.4. The van der Waals surface area contributed by atoms with Gasteiger partial charge in [0.15, 0.2) is 41.4 Å². The molecule has 54 nitrogen and oxygen atoms in total. The fourth-order valence-corrected chi connectivity index (χ4v) is 15.3. The molecule has 0 bridgehead atoms. The second kappa shape index (κ2) is 59.2. The number of aromatic hydroxyl groups is 3. The van der Waals surface area contributed by atoms with Crippen LogP contribution in [0.2, 0.25) is 0 Å². The summed E-state index contributed by atoms with van der Waals surface area (Å²) >= 11 is 0. The van der Waals surface area contributed by atoms with E-state index >= 15 is 9.59 Å². The minimum Gasteiger partial charge on any atom is -0.508 e. The summed E-state index contributed by atoms with van der Waals surface area (Å²) < 4.78 is 12.2. The molecule has 4 aromatic rings. The molecule has 0 aliphatic carbocycles. The number of carbonyl (C=O) groups is 15. The molecule has 14 amide bonds. The second-order valence-electron chi connectivity index (χ2n) is 33.7. The second-order valence-corrected chi connectivity index (χ2v) is 33.7. The van der Waals surface area contributed by atoms with Gasteiger partial charge >= 0.3 is 5.97 Å². The number of hydrogen-bond acceptors (Lipinski definition) is 28. The lowest BCUT2D eigenvalue weighted by Crippen LogP contribution is -2.60. The van der Waals surface area contributed by atoms with Gasteiger partial charge in [-0.25, -0.2) is 4.79 Å².